The summed E-state index contributed by atoms with van der Waals surface area (Å²) in [6.45, 7) is 6.72. The summed E-state index contributed by atoms with van der Waals surface area (Å²) in [5.74, 6) is 1.28. The molecule has 1 aliphatic rings. The van der Waals surface area contributed by atoms with Crippen LogP contribution in [0.1, 0.15) is 47.2 Å². The maximum atomic E-state index is 12.4. The van der Waals surface area contributed by atoms with Crippen molar-refractivity contribution in [2.75, 3.05) is 19.7 Å². The van der Waals surface area contributed by atoms with Crippen molar-refractivity contribution in [3.8, 4) is 11.6 Å². The second kappa shape index (κ2) is 9.29. The number of likely N-dealkylation sites (tertiary alicyclic amines) is 1. The number of nitrogens with zero attached hydrogens (tertiary/aromatic N) is 3. The number of rotatable bonds is 6. The van der Waals surface area contributed by atoms with Gasteiger partial charge in [0.05, 0.1) is 23.6 Å². The molecule has 6 nitrogen and oxygen atoms in total. The first-order chi connectivity index (χ1) is 14.6. The molecule has 0 spiro atoms. The average molecular weight is 446 g/mol. The third-order valence-corrected chi connectivity index (χ3v) is 6.60. The normalized spacial score (nSPS) is 14.8. The van der Waals surface area contributed by atoms with Crippen molar-refractivity contribution in [1.82, 2.24) is 14.9 Å². The second-order valence-electron chi connectivity index (χ2n) is 7.27. The molecule has 0 aliphatic carbocycles. The first kappa shape index (κ1) is 21.0. The number of hydrogen-bond acceptors (Lipinski definition) is 7. The molecule has 3 aromatic rings. The van der Waals surface area contributed by atoms with Gasteiger partial charge < -0.3 is 9.47 Å². The molecule has 2 aromatic heterocycles. The predicted molar refractivity (Wildman–Crippen MR) is 119 cm³/mol. The van der Waals surface area contributed by atoms with Crippen LogP contribution in [0.5, 0.6) is 11.6 Å². The van der Waals surface area contributed by atoms with E-state index in [1.54, 1.807) is 19.1 Å². The van der Waals surface area contributed by atoms with Crippen LogP contribution in [0.25, 0.3) is 10.2 Å². The van der Waals surface area contributed by atoms with Crippen LogP contribution in [0.15, 0.2) is 24.3 Å². The van der Waals surface area contributed by atoms with Crippen molar-refractivity contribution in [3.63, 3.8) is 0 Å². The molecule has 1 saturated heterocycles. The van der Waals surface area contributed by atoms with E-state index >= 15 is 0 Å². The van der Waals surface area contributed by atoms with Crippen molar-refractivity contribution < 1.29 is 14.3 Å². The lowest BCUT2D eigenvalue weighted by Gasteiger charge is -2.25. The number of halogens is 1. The largest absolute Gasteiger partial charge is 0.462 e. The van der Waals surface area contributed by atoms with Gasteiger partial charge in [-0.3, -0.25) is 4.90 Å². The van der Waals surface area contributed by atoms with Gasteiger partial charge in [0.25, 0.3) is 0 Å². The zero-order valence-corrected chi connectivity index (χ0v) is 18.7. The second-order valence-corrected chi connectivity index (χ2v) is 8.68. The number of aryl methyl sites for hydroxylation is 1. The number of thiophene rings is 1. The third kappa shape index (κ3) is 4.43. The van der Waals surface area contributed by atoms with E-state index in [0.717, 1.165) is 28.9 Å². The molecule has 4 rings (SSSR count). The Morgan fingerprint density at radius 1 is 1.20 bits per heavy atom. The monoisotopic (exact) mass is 445 g/mol. The van der Waals surface area contributed by atoms with E-state index in [4.69, 9.17) is 31.0 Å². The van der Waals surface area contributed by atoms with E-state index in [9.17, 15) is 4.79 Å². The Morgan fingerprint density at radius 2 is 1.97 bits per heavy atom. The summed E-state index contributed by atoms with van der Waals surface area (Å²) in [5.41, 5.74) is 0.764. The number of aromatic nitrogens is 2. The van der Waals surface area contributed by atoms with Crippen molar-refractivity contribution in [1.29, 1.82) is 0 Å². The van der Waals surface area contributed by atoms with Gasteiger partial charge in [-0.1, -0.05) is 30.2 Å². The first-order valence-electron chi connectivity index (χ1n) is 10.2. The summed E-state index contributed by atoms with van der Waals surface area (Å²) in [5, 5.41) is 1.23. The lowest BCUT2D eigenvalue weighted by molar-refractivity contribution is 0.0531. The quantitative estimate of drug-likeness (QED) is 0.459. The minimum absolute atomic E-state index is 0.321. The van der Waals surface area contributed by atoms with Crippen molar-refractivity contribution in [3.05, 3.63) is 45.6 Å². The number of para-hydroxylation sites is 1. The number of carbonyl (C=O) groups is 1. The standard InChI is InChI=1S/C22H24ClN3O3S/c1-3-28-22(27)19-14(2)18-20(29-16-10-6-5-9-15(16)23)24-17(25-21(18)30-19)13-26-11-7-4-8-12-26/h5-6,9-10H,3-4,7-8,11-13H2,1-2H3. The Labute approximate surface area is 184 Å². The molecule has 0 N–H and O–H groups in total. The Bertz CT molecular complexity index is 1060. The summed E-state index contributed by atoms with van der Waals surface area (Å²) in [4.78, 5) is 25.5. The van der Waals surface area contributed by atoms with E-state index in [2.05, 4.69) is 4.90 Å². The number of esters is 1. The number of benzene rings is 1. The van der Waals surface area contributed by atoms with E-state index in [1.807, 2.05) is 19.1 Å². The van der Waals surface area contributed by atoms with E-state index in [-0.39, 0.29) is 5.97 Å². The van der Waals surface area contributed by atoms with E-state index < -0.39 is 0 Å². The molecule has 1 aliphatic heterocycles. The highest BCUT2D eigenvalue weighted by Crippen LogP contribution is 2.38. The van der Waals surface area contributed by atoms with Crippen LogP contribution in [0.2, 0.25) is 5.02 Å². The topological polar surface area (TPSA) is 64.5 Å². The van der Waals surface area contributed by atoms with Crippen LogP contribution < -0.4 is 4.74 Å². The van der Waals surface area contributed by atoms with Crippen LogP contribution in [-0.4, -0.2) is 40.5 Å². The Kier molecular flexibility index (Phi) is 6.51. The molecule has 0 saturated carbocycles. The van der Waals surface area contributed by atoms with Gasteiger partial charge in [0.2, 0.25) is 5.88 Å². The van der Waals surface area contributed by atoms with Gasteiger partial charge in [-0.2, -0.15) is 4.98 Å². The Morgan fingerprint density at radius 3 is 2.70 bits per heavy atom. The lowest BCUT2D eigenvalue weighted by Crippen LogP contribution is -2.29. The molecule has 3 heterocycles. The van der Waals surface area contributed by atoms with Crippen LogP contribution in [0.3, 0.4) is 0 Å². The van der Waals surface area contributed by atoms with Crippen molar-refractivity contribution in [2.24, 2.45) is 0 Å². The van der Waals surface area contributed by atoms with Crippen LogP contribution in [0.4, 0.5) is 0 Å². The molecular weight excluding hydrogens is 422 g/mol. The highest BCUT2D eigenvalue weighted by Gasteiger charge is 2.23. The maximum Gasteiger partial charge on any atom is 0.348 e. The summed E-state index contributed by atoms with van der Waals surface area (Å²) in [6, 6.07) is 7.28. The smallest absolute Gasteiger partial charge is 0.348 e. The zero-order valence-electron chi connectivity index (χ0n) is 17.1. The fourth-order valence-electron chi connectivity index (χ4n) is 3.63. The molecule has 0 atom stereocenters. The number of piperidine rings is 1. The molecule has 158 valence electrons. The average Bonchev–Trinajstić information content (AvgIpc) is 3.07. The Balaban J connectivity index is 1.78. The molecule has 1 fully saturated rings. The molecule has 30 heavy (non-hydrogen) atoms. The van der Waals surface area contributed by atoms with Gasteiger partial charge in [-0.05, 0) is 57.5 Å². The van der Waals surface area contributed by atoms with Gasteiger partial charge in [0.1, 0.15) is 21.3 Å². The summed E-state index contributed by atoms with van der Waals surface area (Å²) in [7, 11) is 0. The third-order valence-electron chi connectivity index (χ3n) is 5.12. The van der Waals surface area contributed by atoms with Crippen molar-refractivity contribution in [2.45, 2.75) is 39.7 Å². The summed E-state index contributed by atoms with van der Waals surface area (Å²) >= 11 is 7.63. The fourth-order valence-corrected chi connectivity index (χ4v) is 4.89. The van der Waals surface area contributed by atoms with Crippen molar-refractivity contribution >= 4 is 39.1 Å². The summed E-state index contributed by atoms with van der Waals surface area (Å²) in [6.07, 6.45) is 3.65. The predicted octanol–water partition coefficient (Wildman–Crippen LogP) is 5.61. The molecule has 0 amide bonds. The number of fused-ring (bicyclic) bond motifs is 1. The van der Waals surface area contributed by atoms with E-state index in [1.165, 1.54) is 30.6 Å². The molecule has 1 aromatic carbocycles. The van der Waals surface area contributed by atoms with Crippen LogP contribution in [0, 0.1) is 6.92 Å². The number of hydrogen-bond donors (Lipinski definition) is 0. The van der Waals surface area contributed by atoms with Gasteiger partial charge >= 0.3 is 5.97 Å². The van der Waals surface area contributed by atoms with Gasteiger partial charge in [0, 0.05) is 0 Å². The maximum absolute atomic E-state index is 12.4. The molecule has 0 radical (unpaired) electrons. The molecule has 0 bridgehead atoms. The van der Waals surface area contributed by atoms with Gasteiger partial charge in [0.15, 0.2) is 0 Å². The lowest BCUT2D eigenvalue weighted by atomic mass is 10.1. The highest BCUT2D eigenvalue weighted by atomic mass is 35.5. The molecule has 8 heteroatoms. The van der Waals surface area contributed by atoms with Crippen LogP contribution in [-0.2, 0) is 11.3 Å². The van der Waals surface area contributed by atoms with Crippen LogP contribution >= 0.6 is 22.9 Å². The first-order valence-corrected chi connectivity index (χ1v) is 11.4. The van der Waals surface area contributed by atoms with Gasteiger partial charge in [-0.25, -0.2) is 9.78 Å². The fraction of sp³-hybridized carbons (Fsp3) is 0.409. The Hall–Kier alpha value is -2.22. The SMILES string of the molecule is CCOC(=O)c1sc2nc(CN3CCCCC3)nc(Oc3ccccc3Cl)c2c1C. The van der Waals surface area contributed by atoms with E-state index in [0.29, 0.717) is 40.5 Å². The minimum atomic E-state index is -0.348. The number of carbonyl (C=O) groups excluding carboxylic acids is 1. The summed E-state index contributed by atoms with van der Waals surface area (Å²) < 4.78 is 11.4. The zero-order chi connectivity index (χ0) is 21.1. The number of ether oxygens (including phenoxy) is 2. The highest BCUT2D eigenvalue weighted by molar-refractivity contribution is 7.20. The molecular formula is C22H24ClN3O3S. The molecule has 0 unspecified atom stereocenters. The van der Waals surface area contributed by atoms with Gasteiger partial charge in [-0.15, -0.1) is 11.3 Å². The minimum Gasteiger partial charge on any atom is -0.462 e.